The van der Waals surface area contributed by atoms with Gasteiger partial charge in [0.2, 0.25) is 10.8 Å². The van der Waals surface area contributed by atoms with Crippen molar-refractivity contribution in [1.29, 1.82) is 21.0 Å². The van der Waals surface area contributed by atoms with Crippen molar-refractivity contribution in [1.82, 2.24) is 0 Å². The summed E-state index contributed by atoms with van der Waals surface area (Å²) in [5.41, 5.74) is -4.56. The van der Waals surface area contributed by atoms with E-state index in [2.05, 4.69) is 0 Å². The number of hydrogen-bond acceptors (Lipinski definition) is 8. The molecule has 2 aromatic rings. The van der Waals surface area contributed by atoms with Crippen LogP contribution in [-0.4, -0.2) is 9.85 Å². The second-order valence-electron chi connectivity index (χ2n) is 6.92. The minimum absolute atomic E-state index is 0.208. The predicted octanol–water partition coefficient (Wildman–Crippen LogP) is 1.93. The molecule has 1 heterocycles. The Morgan fingerprint density at radius 1 is 0.742 bits per heavy atom. The van der Waals surface area contributed by atoms with Crippen LogP contribution in [-0.2, 0) is 0 Å². The van der Waals surface area contributed by atoms with Crippen molar-refractivity contribution >= 4 is 11.4 Å². The molecule has 0 saturated carbocycles. The zero-order chi connectivity index (χ0) is 22.8. The third-order valence-electron chi connectivity index (χ3n) is 5.53. The van der Waals surface area contributed by atoms with Crippen LogP contribution in [0, 0.1) is 76.4 Å². The first-order valence-corrected chi connectivity index (χ1v) is 8.79. The average molecular weight is 414 g/mol. The Bertz CT molecular complexity index is 1140. The number of nitrogens with two attached hydrogens (primary N) is 1. The van der Waals surface area contributed by atoms with Gasteiger partial charge in [-0.25, -0.2) is 0 Å². The van der Waals surface area contributed by atoms with E-state index in [1.807, 2.05) is 24.3 Å². The lowest BCUT2D eigenvalue weighted by Crippen LogP contribution is -2.84. The number of nitriles is 4. The summed E-state index contributed by atoms with van der Waals surface area (Å²) in [6.45, 7) is 0. The number of nitro groups is 2. The van der Waals surface area contributed by atoms with Crippen LogP contribution in [0.25, 0.3) is 0 Å². The number of non-ortho nitro benzene ring substituents is 2. The topological polar surface area (TPSA) is 198 Å². The first-order chi connectivity index (χ1) is 14.8. The number of nitro benzene ring substituents is 2. The van der Waals surface area contributed by atoms with Crippen molar-refractivity contribution < 1.29 is 15.2 Å². The lowest BCUT2D eigenvalue weighted by molar-refractivity contribution is -0.720. The van der Waals surface area contributed by atoms with Gasteiger partial charge in [0.25, 0.3) is 11.4 Å². The first kappa shape index (κ1) is 20.9. The van der Waals surface area contributed by atoms with E-state index in [1.54, 1.807) is 0 Å². The number of nitrogens with zero attached hydrogens (tertiary/aromatic N) is 6. The van der Waals surface area contributed by atoms with Crippen LogP contribution in [0.2, 0.25) is 0 Å². The molecule has 1 saturated heterocycles. The number of benzene rings is 2. The van der Waals surface area contributed by atoms with Gasteiger partial charge in [-0.2, -0.15) is 21.0 Å². The van der Waals surface area contributed by atoms with Crippen molar-refractivity contribution in [3.05, 3.63) is 79.9 Å². The quantitative estimate of drug-likeness (QED) is 0.577. The molecule has 11 nitrogen and oxygen atoms in total. The molecule has 0 unspecified atom stereocenters. The van der Waals surface area contributed by atoms with Crippen molar-refractivity contribution in [2.45, 2.75) is 12.1 Å². The van der Waals surface area contributed by atoms with Crippen LogP contribution in [0.5, 0.6) is 0 Å². The van der Waals surface area contributed by atoms with Gasteiger partial charge in [-0.15, -0.1) is 0 Å². The normalized spacial score (nSPS) is 20.4. The van der Waals surface area contributed by atoms with Crippen LogP contribution in [0.15, 0.2) is 48.5 Å². The smallest absolute Gasteiger partial charge is 0.269 e. The highest BCUT2D eigenvalue weighted by molar-refractivity contribution is 5.48. The maximum Gasteiger partial charge on any atom is 0.269 e. The second kappa shape index (κ2) is 7.53. The summed E-state index contributed by atoms with van der Waals surface area (Å²) in [7, 11) is 0. The summed E-state index contributed by atoms with van der Waals surface area (Å²) in [5, 5.41) is 63.8. The molecule has 0 amide bonds. The molecule has 1 aliphatic rings. The SMILES string of the molecule is N#CC1(C#N)[C@@H](c2cccc([N+](=O)[O-])c2)[NH2+][C@H](c2cccc([N+](=O)[O-])c2)C1(C#N)C#N. The summed E-state index contributed by atoms with van der Waals surface area (Å²) < 4.78 is 0. The highest BCUT2D eigenvalue weighted by Crippen LogP contribution is 2.56. The number of rotatable bonds is 4. The Morgan fingerprint density at radius 2 is 1.10 bits per heavy atom. The lowest BCUT2D eigenvalue weighted by Gasteiger charge is -2.25. The van der Waals surface area contributed by atoms with E-state index in [0.29, 0.717) is 0 Å². The van der Waals surface area contributed by atoms with Crippen LogP contribution in [0.3, 0.4) is 0 Å². The molecule has 31 heavy (non-hydrogen) atoms. The van der Waals surface area contributed by atoms with Crippen molar-refractivity contribution in [3.63, 3.8) is 0 Å². The zero-order valence-electron chi connectivity index (χ0n) is 15.7. The van der Waals surface area contributed by atoms with Crippen molar-refractivity contribution in [2.24, 2.45) is 10.8 Å². The van der Waals surface area contributed by atoms with E-state index in [0.717, 1.165) is 0 Å². The summed E-state index contributed by atoms with van der Waals surface area (Å²) in [6, 6.07) is 15.5. The fourth-order valence-electron chi connectivity index (χ4n) is 4.04. The van der Waals surface area contributed by atoms with Crippen molar-refractivity contribution in [3.8, 4) is 24.3 Å². The molecule has 0 spiro atoms. The fourth-order valence-corrected chi connectivity index (χ4v) is 4.04. The fraction of sp³-hybridized carbons (Fsp3) is 0.200. The number of hydrogen-bond donors (Lipinski definition) is 1. The van der Waals surface area contributed by atoms with Crippen LogP contribution in [0.1, 0.15) is 23.2 Å². The van der Waals surface area contributed by atoms with E-state index < -0.39 is 32.8 Å². The van der Waals surface area contributed by atoms with Gasteiger partial charge in [-0.1, -0.05) is 24.3 Å². The zero-order valence-corrected chi connectivity index (χ0v) is 15.7. The Labute approximate surface area is 175 Å². The lowest BCUT2D eigenvalue weighted by atomic mass is 9.61. The monoisotopic (exact) mass is 414 g/mol. The molecule has 1 aliphatic heterocycles. The summed E-state index contributed by atoms with van der Waals surface area (Å²) in [4.78, 5) is 21.1. The minimum Gasteiger partial charge on any atom is -0.329 e. The molecule has 11 heteroatoms. The Balaban J connectivity index is 2.29. The summed E-state index contributed by atoms with van der Waals surface area (Å²) in [5.74, 6) is 0. The van der Waals surface area contributed by atoms with Crippen LogP contribution < -0.4 is 5.32 Å². The number of quaternary nitrogens is 1. The maximum absolute atomic E-state index is 11.2. The summed E-state index contributed by atoms with van der Waals surface area (Å²) in [6.07, 6.45) is 0. The van der Waals surface area contributed by atoms with Gasteiger partial charge >= 0.3 is 0 Å². The van der Waals surface area contributed by atoms with E-state index in [4.69, 9.17) is 0 Å². The highest BCUT2D eigenvalue weighted by atomic mass is 16.6. The third-order valence-corrected chi connectivity index (χ3v) is 5.53. The van der Waals surface area contributed by atoms with Gasteiger partial charge in [0.05, 0.1) is 34.1 Å². The Kier molecular flexibility index (Phi) is 5.07. The molecule has 0 aromatic heterocycles. The van der Waals surface area contributed by atoms with Gasteiger partial charge < -0.3 is 5.32 Å². The Morgan fingerprint density at radius 3 is 1.39 bits per heavy atom. The van der Waals surface area contributed by atoms with Crippen LogP contribution in [0.4, 0.5) is 11.4 Å². The minimum atomic E-state index is -2.21. The molecule has 2 N–H and O–H groups in total. The standard InChI is InChI=1S/C20H11N7O4/c21-9-19(10-22)17(13-3-1-5-15(7-13)26(28)29)25-18(20(19,11-23)12-24)14-4-2-6-16(8-14)27(30)31/h1-8,17-18,25H/p+1/t17-,18-/m1/s1. The molecular weight excluding hydrogens is 402 g/mol. The van der Waals surface area contributed by atoms with Gasteiger partial charge in [0.15, 0.2) is 0 Å². The molecule has 0 bridgehead atoms. The van der Waals surface area contributed by atoms with Gasteiger partial charge in [0.1, 0.15) is 12.1 Å². The molecule has 0 radical (unpaired) electrons. The predicted molar refractivity (Wildman–Crippen MR) is 101 cm³/mol. The van der Waals surface area contributed by atoms with Crippen molar-refractivity contribution in [2.75, 3.05) is 0 Å². The average Bonchev–Trinajstić information content (AvgIpc) is 3.09. The molecule has 1 fully saturated rings. The molecule has 0 aliphatic carbocycles. The molecule has 3 rings (SSSR count). The largest absolute Gasteiger partial charge is 0.329 e. The summed E-state index contributed by atoms with van der Waals surface area (Å²) >= 11 is 0. The van der Waals surface area contributed by atoms with E-state index >= 15 is 0 Å². The molecule has 2 aromatic carbocycles. The van der Waals surface area contributed by atoms with E-state index in [1.165, 1.54) is 53.8 Å². The Hall–Kier alpha value is -4.84. The second-order valence-corrected chi connectivity index (χ2v) is 6.92. The third kappa shape index (κ3) is 2.90. The van der Waals surface area contributed by atoms with Crippen LogP contribution >= 0.6 is 0 Å². The highest BCUT2D eigenvalue weighted by Gasteiger charge is 2.73. The van der Waals surface area contributed by atoms with E-state index in [-0.39, 0.29) is 22.5 Å². The molecule has 150 valence electrons. The molecular formula is C20H12N7O4+. The van der Waals surface area contributed by atoms with Gasteiger partial charge in [-0.3, -0.25) is 20.2 Å². The van der Waals surface area contributed by atoms with Gasteiger partial charge in [-0.05, 0) is 0 Å². The van der Waals surface area contributed by atoms with Gasteiger partial charge in [0, 0.05) is 35.4 Å². The maximum atomic E-state index is 11.2. The van der Waals surface area contributed by atoms with E-state index in [9.17, 15) is 41.3 Å². The molecule has 2 atom stereocenters. The first-order valence-electron chi connectivity index (χ1n) is 8.79.